The van der Waals surface area contributed by atoms with E-state index in [1.165, 1.54) is 30.0 Å². The Morgan fingerprint density at radius 1 is 1.09 bits per heavy atom. The number of ketones is 1. The minimum Gasteiger partial charge on any atom is -0.325 e. The first kappa shape index (κ1) is 22.0. The molecule has 0 fully saturated rings. The fourth-order valence-corrected chi connectivity index (χ4v) is 4.94. The lowest BCUT2D eigenvalue weighted by Gasteiger charge is -2.14. The highest BCUT2D eigenvalue weighted by molar-refractivity contribution is 7.99. The lowest BCUT2D eigenvalue weighted by atomic mass is 10.1. The number of thiophene rings is 1. The third kappa shape index (κ3) is 4.51. The van der Waals surface area contributed by atoms with Crippen LogP contribution in [0.5, 0.6) is 0 Å². The summed E-state index contributed by atoms with van der Waals surface area (Å²) in [4.78, 5) is 41.9. The summed E-state index contributed by atoms with van der Waals surface area (Å²) < 4.78 is 2.18. The molecule has 0 radical (unpaired) electrons. The van der Waals surface area contributed by atoms with Crippen LogP contribution in [0.25, 0.3) is 15.9 Å². The van der Waals surface area contributed by atoms with E-state index in [-0.39, 0.29) is 23.0 Å². The Balaban J connectivity index is 1.61. The minimum absolute atomic E-state index is 0.0299. The number of fused-ring (bicyclic) bond motifs is 1. The average molecular weight is 464 g/mol. The van der Waals surface area contributed by atoms with Crippen molar-refractivity contribution in [2.24, 2.45) is 0 Å². The molecule has 2 aromatic carbocycles. The molecule has 162 valence electrons. The number of amides is 1. The topological polar surface area (TPSA) is 81.1 Å². The molecule has 0 aliphatic heterocycles. The Morgan fingerprint density at radius 3 is 2.53 bits per heavy atom. The van der Waals surface area contributed by atoms with Crippen molar-refractivity contribution in [3.63, 3.8) is 0 Å². The Kier molecular flexibility index (Phi) is 6.25. The van der Waals surface area contributed by atoms with Gasteiger partial charge in [0.25, 0.3) is 5.56 Å². The molecule has 2 aromatic heterocycles. The van der Waals surface area contributed by atoms with E-state index in [1.807, 2.05) is 43.5 Å². The van der Waals surface area contributed by atoms with Crippen LogP contribution in [0, 0.1) is 13.8 Å². The van der Waals surface area contributed by atoms with E-state index in [0.717, 1.165) is 16.8 Å². The van der Waals surface area contributed by atoms with Gasteiger partial charge in [-0.1, -0.05) is 29.5 Å². The standard InChI is InChI=1S/C24H21N3O3S2/c1-14-4-9-20(15(2)12-14)27-23(30)22-19(10-11-31-22)26-24(27)32-13-21(29)25-18-7-5-17(6-8-18)16(3)28/h4-12H,13H2,1-3H3,(H,25,29). The van der Waals surface area contributed by atoms with E-state index in [1.54, 1.807) is 28.8 Å². The molecule has 0 spiro atoms. The van der Waals surface area contributed by atoms with Gasteiger partial charge in [0.1, 0.15) is 4.70 Å². The van der Waals surface area contributed by atoms with E-state index < -0.39 is 0 Å². The average Bonchev–Trinajstić information content (AvgIpc) is 3.22. The molecule has 6 nitrogen and oxygen atoms in total. The van der Waals surface area contributed by atoms with Crippen LogP contribution >= 0.6 is 23.1 Å². The largest absolute Gasteiger partial charge is 0.325 e. The molecule has 0 aliphatic carbocycles. The van der Waals surface area contributed by atoms with Crippen molar-refractivity contribution in [2.75, 3.05) is 11.1 Å². The van der Waals surface area contributed by atoms with Crippen LogP contribution in [0.4, 0.5) is 5.69 Å². The molecule has 1 amide bonds. The molecule has 32 heavy (non-hydrogen) atoms. The van der Waals surface area contributed by atoms with Crippen LogP contribution in [0.2, 0.25) is 0 Å². The number of thioether (sulfide) groups is 1. The fourth-order valence-electron chi connectivity index (χ4n) is 3.37. The van der Waals surface area contributed by atoms with Gasteiger partial charge in [-0.2, -0.15) is 0 Å². The molecular weight excluding hydrogens is 442 g/mol. The number of aromatic nitrogens is 2. The number of Topliss-reactive ketones (excluding diaryl/α,β-unsaturated/α-hetero) is 1. The summed E-state index contributed by atoms with van der Waals surface area (Å²) in [6.07, 6.45) is 0. The molecule has 2 heterocycles. The molecule has 0 unspecified atom stereocenters. The predicted octanol–water partition coefficient (Wildman–Crippen LogP) is 5.00. The van der Waals surface area contributed by atoms with E-state index in [9.17, 15) is 14.4 Å². The maximum Gasteiger partial charge on any atom is 0.276 e. The van der Waals surface area contributed by atoms with Gasteiger partial charge >= 0.3 is 0 Å². The Morgan fingerprint density at radius 2 is 1.84 bits per heavy atom. The third-order valence-corrected chi connectivity index (χ3v) is 6.78. The molecule has 0 saturated heterocycles. The Bertz CT molecular complexity index is 1390. The maximum atomic E-state index is 13.3. The highest BCUT2D eigenvalue weighted by Crippen LogP contribution is 2.25. The summed E-state index contributed by atoms with van der Waals surface area (Å²) in [6, 6.07) is 14.4. The first-order valence-electron chi connectivity index (χ1n) is 9.95. The molecule has 0 atom stereocenters. The smallest absolute Gasteiger partial charge is 0.276 e. The molecule has 1 N–H and O–H groups in total. The second-order valence-electron chi connectivity index (χ2n) is 7.43. The number of nitrogens with one attached hydrogen (secondary N) is 1. The number of benzene rings is 2. The van der Waals surface area contributed by atoms with Gasteiger partial charge in [0, 0.05) is 11.3 Å². The Labute approximate surface area is 193 Å². The van der Waals surface area contributed by atoms with Gasteiger partial charge in [-0.3, -0.25) is 19.0 Å². The predicted molar refractivity (Wildman–Crippen MR) is 130 cm³/mol. The minimum atomic E-state index is -0.225. The van der Waals surface area contributed by atoms with E-state index in [0.29, 0.717) is 26.6 Å². The highest BCUT2D eigenvalue weighted by atomic mass is 32.2. The van der Waals surface area contributed by atoms with Crippen molar-refractivity contribution in [1.82, 2.24) is 9.55 Å². The molecule has 0 saturated carbocycles. The molecule has 0 bridgehead atoms. The van der Waals surface area contributed by atoms with Gasteiger partial charge in [-0.05, 0) is 68.1 Å². The van der Waals surface area contributed by atoms with Crippen LogP contribution in [-0.2, 0) is 4.79 Å². The van der Waals surface area contributed by atoms with Crippen molar-refractivity contribution >= 4 is 50.7 Å². The van der Waals surface area contributed by atoms with Crippen molar-refractivity contribution < 1.29 is 9.59 Å². The first-order valence-corrected chi connectivity index (χ1v) is 11.8. The van der Waals surface area contributed by atoms with Gasteiger partial charge in [-0.15, -0.1) is 11.3 Å². The van der Waals surface area contributed by atoms with Crippen LogP contribution in [0.3, 0.4) is 0 Å². The van der Waals surface area contributed by atoms with Crippen molar-refractivity contribution in [3.05, 3.63) is 81.0 Å². The number of anilines is 1. The molecule has 8 heteroatoms. The van der Waals surface area contributed by atoms with Crippen LogP contribution < -0.4 is 10.9 Å². The van der Waals surface area contributed by atoms with Crippen LogP contribution in [0.1, 0.15) is 28.4 Å². The fraction of sp³-hybridized carbons (Fsp3) is 0.167. The number of carbonyl (C=O) groups is 2. The number of aryl methyl sites for hydroxylation is 2. The number of carbonyl (C=O) groups excluding carboxylic acids is 2. The first-order chi connectivity index (χ1) is 15.3. The summed E-state index contributed by atoms with van der Waals surface area (Å²) >= 11 is 2.57. The summed E-state index contributed by atoms with van der Waals surface area (Å²) in [5, 5.41) is 5.13. The highest BCUT2D eigenvalue weighted by Gasteiger charge is 2.17. The summed E-state index contributed by atoms with van der Waals surface area (Å²) in [5.41, 5.74) is 4.50. The summed E-state index contributed by atoms with van der Waals surface area (Å²) in [5.74, 6) is -0.170. The van der Waals surface area contributed by atoms with Gasteiger partial charge in [0.2, 0.25) is 5.91 Å². The Hall–Kier alpha value is -3.23. The van der Waals surface area contributed by atoms with Crippen molar-refractivity contribution in [2.45, 2.75) is 25.9 Å². The number of rotatable bonds is 6. The maximum absolute atomic E-state index is 13.3. The van der Waals surface area contributed by atoms with E-state index in [4.69, 9.17) is 0 Å². The number of hydrogen-bond donors (Lipinski definition) is 1. The number of nitrogens with zero attached hydrogens (tertiary/aromatic N) is 2. The van der Waals surface area contributed by atoms with Crippen LogP contribution in [-0.4, -0.2) is 27.0 Å². The third-order valence-electron chi connectivity index (χ3n) is 4.95. The molecule has 4 aromatic rings. The van der Waals surface area contributed by atoms with E-state index in [2.05, 4.69) is 10.3 Å². The normalized spacial score (nSPS) is 11.0. The second kappa shape index (κ2) is 9.10. The van der Waals surface area contributed by atoms with Gasteiger partial charge < -0.3 is 5.32 Å². The second-order valence-corrected chi connectivity index (χ2v) is 9.29. The van der Waals surface area contributed by atoms with Crippen molar-refractivity contribution in [1.29, 1.82) is 0 Å². The van der Waals surface area contributed by atoms with Gasteiger partial charge in [0.05, 0.1) is 17.0 Å². The SMILES string of the molecule is CC(=O)c1ccc(NC(=O)CSc2nc3ccsc3c(=O)n2-c2ccc(C)cc2C)cc1. The quantitative estimate of drug-likeness (QED) is 0.247. The number of hydrogen-bond acceptors (Lipinski definition) is 6. The zero-order valence-corrected chi connectivity index (χ0v) is 19.5. The molecule has 4 rings (SSSR count). The van der Waals surface area contributed by atoms with Gasteiger partial charge in [-0.25, -0.2) is 4.98 Å². The molecular formula is C24H21N3O3S2. The van der Waals surface area contributed by atoms with Crippen molar-refractivity contribution in [3.8, 4) is 5.69 Å². The van der Waals surface area contributed by atoms with Gasteiger partial charge in [0.15, 0.2) is 10.9 Å². The lowest BCUT2D eigenvalue weighted by Crippen LogP contribution is -2.23. The zero-order chi connectivity index (χ0) is 22.8. The van der Waals surface area contributed by atoms with Crippen LogP contribution in [0.15, 0.2) is 63.9 Å². The summed E-state index contributed by atoms with van der Waals surface area (Å²) in [7, 11) is 0. The zero-order valence-electron chi connectivity index (χ0n) is 17.8. The molecule has 0 aliphatic rings. The monoisotopic (exact) mass is 463 g/mol. The summed E-state index contributed by atoms with van der Waals surface area (Å²) in [6.45, 7) is 5.46. The van der Waals surface area contributed by atoms with E-state index >= 15 is 0 Å². The lowest BCUT2D eigenvalue weighted by molar-refractivity contribution is -0.113.